The lowest BCUT2D eigenvalue weighted by Crippen LogP contribution is -2.38. The van der Waals surface area contributed by atoms with Crippen molar-refractivity contribution < 1.29 is 14.3 Å². The van der Waals surface area contributed by atoms with Gasteiger partial charge in [-0.2, -0.15) is 0 Å². The summed E-state index contributed by atoms with van der Waals surface area (Å²) in [6, 6.07) is 7.40. The lowest BCUT2D eigenvalue weighted by Gasteiger charge is -2.28. The van der Waals surface area contributed by atoms with Crippen LogP contribution in [0.5, 0.6) is 0 Å². The maximum atomic E-state index is 12.6. The van der Waals surface area contributed by atoms with E-state index in [1.807, 2.05) is 31.2 Å². The van der Waals surface area contributed by atoms with Gasteiger partial charge in [0.25, 0.3) is 0 Å². The molecule has 2 aromatic rings. The number of amides is 1. The van der Waals surface area contributed by atoms with Crippen LogP contribution in [-0.2, 0) is 20.8 Å². The standard InChI is InChI=1S/C21H28ClN5O3S/c1-15(16-4-2-5-17(22)12-16)23-19(28)14-31-21-25-24-20(26-7-10-29-11-8-26)27(21)13-18-6-3-9-30-18/h2,4-5,12,15,18H,3,6-11,13-14H2,1H3,(H,23,28). The number of rotatable bonds is 8. The number of carbonyl (C=O) groups is 1. The van der Waals surface area contributed by atoms with Crippen LogP contribution in [0.3, 0.4) is 0 Å². The van der Waals surface area contributed by atoms with E-state index in [1.54, 1.807) is 0 Å². The first kappa shape index (κ1) is 22.4. The van der Waals surface area contributed by atoms with Crippen LogP contribution in [0.25, 0.3) is 0 Å². The van der Waals surface area contributed by atoms with E-state index in [0.29, 0.717) is 24.8 Å². The number of morpholine rings is 1. The topological polar surface area (TPSA) is 81.5 Å². The Labute approximate surface area is 191 Å². The van der Waals surface area contributed by atoms with Gasteiger partial charge in [-0.1, -0.05) is 35.5 Å². The lowest BCUT2D eigenvalue weighted by molar-refractivity contribution is -0.119. The maximum absolute atomic E-state index is 12.6. The van der Waals surface area contributed by atoms with Crippen molar-refractivity contribution >= 4 is 35.2 Å². The molecule has 1 aromatic heterocycles. The molecular formula is C21H28ClN5O3S. The van der Waals surface area contributed by atoms with E-state index in [-0.39, 0.29) is 23.8 Å². The van der Waals surface area contributed by atoms with Gasteiger partial charge in [0.05, 0.1) is 37.7 Å². The van der Waals surface area contributed by atoms with Gasteiger partial charge in [-0.15, -0.1) is 10.2 Å². The monoisotopic (exact) mass is 465 g/mol. The van der Waals surface area contributed by atoms with E-state index in [9.17, 15) is 4.79 Å². The van der Waals surface area contributed by atoms with Crippen LogP contribution in [0.1, 0.15) is 31.4 Å². The first-order valence-electron chi connectivity index (χ1n) is 10.7. The summed E-state index contributed by atoms with van der Waals surface area (Å²) in [7, 11) is 0. The van der Waals surface area contributed by atoms with Gasteiger partial charge in [-0.3, -0.25) is 9.36 Å². The van der Waals surface area contributed by atoms with E-state index in [2.05, 4.69) is 25.0 Å². The highest BCUT2D eigenvalue weighted by molar-refractivity contribution is 7.99. The minimum Gasteiger partial charge on any atom is -0.378 e. The molecule has 2 aliphatic heterocycles. The molecule has 3 heterocycles. The number of carbonyl (C=O) groups excluding carboxylic acids is 1. The van der Waals surface area contributed by atoms with Gasteiger partial charge in [-0.05, 0) is 37.5 Å². The molecule has 10 heteroatoms. The zero-order valence-corrected chi connectivity index (χ0v) is 19.2. The zero-order chi connectivity index (χ0) is 21.6. The number of hydrogen-bond donors (Lipinski definition) is 1. The molecule has 2 aliphatic rings. The van der Waals surface area contributed by atoms with Crippen molar-refractivity contribution in [1.29, 1.82) is 0 Å². The minimum atomic E-state index is -0.125. The van der Waals surface area contributed by atoms with Gasteiger partial charge in [0.2, 0.25) is 11.9 Å². The molecule has 2 saturated heterocycles. The van der Waals surface area contributed by atoms with Crippen LogP contribution >= 0.6 is 23.4 Å². The molecule has 1 amide bonds. The first-order valence-corrected chi connectivity index (χ1v) is 12.0. The number of anilines is 1. The highest BCUT2D eigenvalue weighted by atomic mass is 35.5. The SMILES string of the molecule is CC(NC(=O)CSc1nnc(N2CCOCC2)n1CC1CCCO1)c1cccc(Cl)c1. The van der Waals surface area contributed by atoms with Crippen molar-refractivity contribution in [3.8, 4) is 0 Å². The Morgan fingerprint density at radius 2 is 2.16 bits per heavy atom. The third kappa shape index (κ3) is 5.91. The molecule has 31 heavy (non-hydrogen) atoms. The lowest BCUT2D eigenvalue weighted by atomic mass is 10.1. The van der Waals surface area contributed by atoms with Crippen molar-refractivity contribution in [1.82, 2.24) is 20.1 Å². The van der Waals surface area contributed by atoms with E-state index in [4.69, 9.17) is 21.1 Å². The number of nitrogens with one attached hydrogen (secondary N) is 1. The molecule has 0 spiro atoms. The molecule has 0 aliphatic carbocycles. The van der Waals surface area contributed by atoms with Crippen molar-refractivity contribution in [2.45, 2.75) is 43.6 Å². The molecule has 0 saturated carbocycles. The largest absolute Gasteiger partial charge is 0.378 e. The quantitative estimate of drug-likeness (QED) is 0.600. The summed E-state index contributed by atoms with van der Waals surface area (Å²) in [6.07, 6.45) is 2.26. The number of ether oxygens (including phenoxy) is 2. The van der Waals surface area contributed by atoms with E-state index in [1.165, 1.54) is 11.8 Å². The second-order valence-electron chi connectivity index (χ2n) is 7.76. The molecule has 0 radical (unpaired) electrons. The van der Waals surface area contributed by atoms with Crippen molar-refractivity contribution in [3.05, 3.63) is 34.9 Å². The van der Waals surface area contributed by atoms with Crippen LogP contribution in [-0.4, -0.2) is 65.4 Å². The fraction of sp³-hybridized carbons (Fsp3) is 0.571. The number of thioether (sulfide) groups is 1. The van der Waals surface area contributed by atoms with Gasteiger partial charge in [0, 0.05) is 24.7 Å². The van der Waals surface area contributed by atoms with Crippen molar-refractivity contribution in [2.24, 2.45) is 0 Å². The Kier molecular flexibility index (Phi) is 7.71. The molecule has 8 nitrogen and oxygen atoms in total. The van der Waals surface area contributed by atoms with Crippen LogP contribution in [0.2, 0.25) is 5.02 Å². The summed E-state index contributed by atoms with van der Waals surface area (Å²) in [6.45, 7) is 6.37. The smallest absolute Gasteiger partial charge is 0.230 e. The molecule has 1 N–H and O–H groups in total. The molecule has 168 valence electrons. The zero-order valence-electron chi connectivity index (χ0n) is 17.6. The second kappa shape index (κ2) is 10.7. The number of benzene rings is 1. The first-order chi connectivity index (χ1) is 15.1. The van der Waals surface area contributed by atoms with Gasteiger partial charge < -0.3 is 19.7 Å². The van der Waals surface area contributed by atoms with Crippen molar-refractivity contribution in [3.63, 3.8) is 0 Å². The van der Waals surface area contributed by atoms with Crippen LogP contribution < -0.4 is 10.2 Å². The Morgan fingerprint density at radius 3 is 2.90 bits per heavy atom. The number of halogens is 1. The second-order valence-corrected chi connectivity index (χ2v) is 9.14. The normalized spacial score (nSPS) is 20.1. The van der Waals surface area contributed by atoms with Gasteiger partial charge >= 0.3 is 0 Å². The summed E-state index contributed by atoms with van der Waals surface area (Å²) >= 11 is 7.46. The summed E-state index contributed by atoms with van der Waals surface area (Å²) in [5.41, 5.74) is 0.974. The fourth-order valence-electron chi connectivity index (χ4n) is 3.81. The van der Waals surface area contributed by atoms with Gasteiger partial charge in [0.1, 0.15) is 0 Å². The predicted octanol–water partition coefficient (Wildman–Crippen LogP) is 2.92. The Bertz CT molecular complexity index is 884. The molecular weight excluding hydrogens is 438 g/mol. The highest BCUT2D eigenvalue weighted by Gasteiger charge is 2.25. The molecule has 4 rings (SSSR count). The Hall–Kier alpha value is -1.81. The fourth-order valence-corrected chi connectivity index (χ4v) is 4.76. The van der Waals surface area contributed by atoms with E-state index < -0.39 is 0 Å². The summed E-state index contributed by atoms with van der Waals surface area (Å²) in [5.74, 6) is 1.03. The molecule has 1 aromatic carbocycles. The predicted molar refractivity (Wildman–Crippen MR) is 121 cm³/mol. The minimum absolute atomic E-state index is 0.0583. The van der Waals surface area contributed by atoms with Crippen molar-refractivity contribution in [2.75, 3.05) is 43.6 Å². The molecule has 0 bridgehead atoms. The Balaban J connectivity index is 1.40. The number of aromatic nitrogens is 3. The summed E-state index contributed by atoms with van der Waals surface area (Å²) < 4.78 is 13.4. The van der Waals surface area contributed by atoms with E-state index >= 15 is 0 Å². The highest BCUT2D eigenvalue weighted by Crippen LogP contribution is 2.26. The molecule has 2 fully saturated rings. The average Bonchev–Trinajstić information content (AvgIpc) is 3.43. The summed E-state index contributed by atoms with van der Waals surface area (Å²) in [5, 5.41) is 13.3. The van der Waals surface area contributed by atoms with Gasteiger partial charge in [0.15, 0.2) is 5.16 Å². The van der Waals surface area contributed by atoms with Crippen LogP contribution in [0, 0.1) is 0 Å². The van der Waals surface area contributed by atoms with Crippen LogP contribution in [0.4, 0.5) is 5.95 Å². The number of nitrogens with zero attached hydrogens (tertiary/aromatic N) is 4. The molecule has 2 unspecified atom stereocenters. The molecule has 2 atom stereocenters. The third-order valence-corrected chi connectivity index (χ3v) is 6.66. The number of hydrogen-bond acceptors (Lipinski definition) is 7. The van der Waals surface area contributed by atoms with E-state index in [0.717, 1.165) is 49.2 Å². The average molecular weight is 466 g/mol. The van der Waals surface area contributed by atoms with Crippen LogP contribution in [0.15, 0.2) is 29.4 Å². The summed E-state index contributed by atoms with van der Waals surface area (Å²) in [4.78, 5) is 14.8. The third-order valence-electron chi connectivity index (χ3n) is 5.46. The Morgan fingerprint density at radius 1 is 1.32 bits per heavy atom. The maximum Gasteiger partial charge on any atom is 0.230 e. The van der Waals surface area contributed by atoms with Gasteiger partial charge in [-0.25, -0.2) is 0 Å².